The zero-order chi connectivity index (χ0) is 23.1. The molecule has 0 unspecified atom stereocenters. The Balaban J connectivity index is 1.89. The number of benzene rings is 1. The van der Waals surface area contributed by atoms with Gasteiger partial charge < -0.3 is 15.5 Å². The average Bonchev–Trinajstić information content (AvgIpc) is 3.30. The van der Waals surface area contributed by atoms with Gasteiger partial charge in [-0.25, -0.2) is 0 Å². The van der Waals surface area contributed by atoms with Crippen molar-refractivity contribution >= 4 is 29.1 Å². The van der Waals surface area contributed by atoms with Crippen LogP contribution < -0.4 is 10.6 Å². The molecule has 1 aliphatic rings. The van der Waals surface area contributed by atoms with E-state index in [0.29, 0.717) is 4.88 Å². The van der Waals surface area contributed by atoms with Gasteiger partial charge in [-0.3, -0.25) is 14.4 Å². The number of thiophene rings is 1. The van der Waals surface area contributed by atoms with Crippen molar-refractivity contribution in [2.75, 3.05) is 6.54 Å². The Labute approximate surface area is 194 Å². The van der Waals surface area contributed by atoms with Crippen molar-refractivity contribution in [3.8, 4) is 0 Å². The molecular weight excluding hydrogens is 422 g/mol. The summed E-state index contributed by atoms with van der Waals surface area (Å²) in [6, 6.07) is 12.2. The molecule has 0 radical (unpaired) electrons. The highest BCUT2D eigenvalue weighted by molar-refractivity contribution is 7.12. The van der Waals surface area contributed by atoms with Crippen molar-refractivity contribution in [1.29, 1.82) is 0 Å². The van der Waals surface area contributed by atoms with E-state index in [-0.39, 0.29) is 30.3 Å². The predicted octanol–water partition coefficient (Wildman–Crippen LogP) is 4.30. The largest absolute Gasteiger partial charge is 0.349 e. The summed E-state index contributed by atoms with van der Waals surface area (Å²) in [6.45, 7) is 5.66. The summed E-state index contributed by atoms with van der Waals surface area (Å²) in [5, 5.41) is 7.63. The van der Waals surface area contributed by atoms with E-state index < -0.39 is 11.6 Å². The summed E-state index contributed by atoms with van der Waals surface area (Å²) in [5.74, 6) is -0.709. The highest BCUT2D eigenvalue weighted by Crippen LogP contribution is 2.31. The Hall–Kier alpha value is -2.67. The van der Waals surface area contributed by atoms with Crippen LogP contribution >= 0.6 is 11.3 Å². The molecule has 1 aromatic carbocycles. The van der Waals surface area contributed by atoms with Crippen molar-refractivity contribution in [2.45, 2.75) is 70.5 Å². The van der Waals surface area contributed by atoms with E-state index >= 15 is 0 Å². The highest BCUT2D eigenvalue weighted by Gasteiger charge is 2.37. The lowest BCUT2D eigenvalue weighted by Crippen LogP contribution is -2.54. The topological polar surface area (TPSA) is 78.5 Å². The Morgan fingerprint density at radius 2 is 1.72 bits per heavy atom. The lowest BCUT2D eigenvalue weighted by Gasteiger charge is -2.40. The van der Waals surface area contributed by atoms with Crippen LogP contribution in [0.15, 0.2) is 47.8 Å². The second kappa shape index (κ2) is 10.8. The molecule has 0 aliphatic heterocycles. The molecule has 2 aromatic rings. The van der Waals surface area contributed by atoms with Crippen LogP contribution in [0.4, 0.5) is 0 Å². The molecule has 1 heterocycles. The van der Waals surface area contributed by atoms with Gasteiger partial charge in [-0.05, 0) is 50.6 Å². The molecular formula is C25H33N3O3S. The van der Waals surface area contributed by atoms with Crippen molar-refractivity contribution in [3.05, 3.63) is 58.3 Å². The van der Waals surface area contributed by atoms with Crippen molar-refractivity contribution in [3.63, 3.8) is 0 Å². The minimum atomic E-state index is -0.746. The normalized spacial score (nSPS) is 15.6. The van der Waals surface area contributed by atoms with E-state index in [1.165, 1.54) is 11.3 Å². The van der Waals surface area contributed by atoms with Gasteiger partial charge in [0.15, 0.2) is 0 Å². The van der Waals surface area contributed by atoms with Crippen molar-refractivity contribution in [1.82, 2.24) is 15.5 Å². The van der Waals surface area contributed by atoms with Gasteiger partial charge in [0.1, 0.15) is 6.04 Å². The lowest BCUT2D eigenvalue weighted by molar-refractivity contribution is -0.144. The number of rotatable bonds is 7. The Morgan fingerprint density at radius 3 is 2.31 bits per heavy atom. The number of nitrogens with zero attached hydrogens (tertiary/aromatic N) is 1. The maximum absolute atomic E-state index is 13.5. The molecule has 0 bridgehead atoms. The van der Waals surface area contributed by atoms with Crippen LogP contribution in [0.1, 0.15) is 74.2 Å². The number of hydrogen-bond acceptors (Lipinski definition) is 4. The van der Waals surface area contributed by atoms with E-state index in [1.807, 2.05) is 56.5 Å². The first-order chi connectivity index (χ1) is 15.3. The van der Waals surface area contributed by atoms with Crippen LogP contribution in [-0.4, -0.2) is 40.7 Å². The third kappa shape index (κ3) is 6.42. The summed E-state index contributed by atoms with van der Waals surface area (Å²) in [7, 11) is 0. The van der Waals surface area contributed by atoms with E-state index in [2.05, 4.69) is 10.6 Å². The summed E-state index contributed by atoms with van der Waals surface area (Å²) in [6.07, 6.45) is 4.90. The minimum absolute atomic E-state index is 0.0363. The standard InChI is InChI=1S/C25H33N3O3S/c1-25(2,3)27-24(31)22(18-11-6-4-7-12-18)28(19-13-8-5-9-14-19)21(29)17-26-23(30)20-15-10-16-32-20/h4,6-7,10-12,15-16,19,22H,5,8-9,13-14,17H2,1-3H3,(H,26,30)(H,27,31)/t22-/m1/s1. The van der Waals surface area contributed by atoms with Gasteiger partial charge in [0, 0.05) is 11.6 Å². The fourth-order valence-corrected chi connectivity index (χ4v) is 4.81. The van der Waals surface area contributed by atoms with E-state index in [4.69, 9.17) is 0 Å². The van der Waals surface area contributed by atoms with Gasteiger partial charge in [-0.2, -0.15) is 0 Å². The van der Waals surface area contributed by atoms with Gasteiger partial charge in [0.05, 0.1) is 11.4 Å². The molecule has 0 saturated heterocycles. The van der Waals surface area contributed by atoms with Gasteiger partial charge in [-0.15, -0.1) is 11.3 Å². The molecule has 1 atom stereocenters. The first-order valence-electron chi connectivity index (χ1n) is 11.3. The summed E-state index contributed by atoms with van der Waals surface area (Å²) >= 11 is 1.33. The first-order valence-corrected chi connectivity index (χ1v) is 12.1. The van der Waals surface area contributed by atoms with Gasteiger partial charge in [0.2, 0.25) is 11.8 Å². The smallest absolute Gasteiger partial charge is 0.261 e. The van der Waals surface area contributed by atoms with Gasteiger partial charge in [-0.1, -0.05) is 55.7 Å². The molecule has 1 saturated carbocycles. The van der Waals surface area contributed by atoms with Gasteiger partial charge >= 0.3 is 0 Å². The quantitative estimate of drug-likeness (QED) is 0.654. The number of carbonyl (C=O) groups is 3. The Bertz CT molecular complexity index is 900. The first kappa shape index (κ1) is 24.0. The molecule has 7 heteroatoms. The van der Waals surface area contributed by atoms with Crippen molar-refractivity contribution in [2.24, 2.45) is 0 Å². The maximum atomic E-state index is 13.5. The summed E-state index contributed by atoms with van der Waals surface area (Å²) < 4.78 is 0. The molecule has 3 rings (SSSR count). The highest BCUT2D eigenvalue weighted by atomic mass is 32.1. The molecule has 3 amide bonds. The molecule has 1 fully saturated rings. The van der Waals surface area contributed by atoms with E-state index in [0.717, 1.165) is 37.7 Å². The molecule has 172 valence electrons. The molecule has 2 N–H and O–H groups in total. The second-order valence-electron chi connectivity index (χ2n) is 9.31. The van der Waals surface area contributed by atoms with Gasteiger partial charge in [0.25, 0.3) is 5.91 Å². The summed E-state index contributed by atoms with van der Waals surface area (Å²) in [5.41, 5.74) is 0.344. The Morgan fingerprint density at radius 1 is 1.03 bits per heavy atom. The van der Waals surface area contributed by atoms with Crippen LogP contribution in [0, 0.1) is 0 Å². The molecule has 32 heavy (non-hydrogen) atoms. The van der Waals surface area contributed by atoms with Crippen molar-refractivity contribution < 1.29 is 14.4 Å². The maximum Gasteiger partial charge on any atom is 0.261 e. The van der Waals surface area contributed by atoms with E-state index in [9.17, 15) is 14.4 Å². The number of amides is 3. The monoisotopic (exact) mass is 455 g/mol. The number of nitrogens with one attached hydrogen (secondary N) is 2. The third-order valence-electron chi connectivity index (χ3n) is 5.54. The number of carbonyl (C=O) groups excluding carboxylic acids is 3. The second-order valence-corrected chi connectivity index (χ2v) is 10.3. The third-order valence-corrected chi connectivity index (χ3v) is 6.41. The molecule has 1 aromatic heterocycles. The zero-order valence-electron chi connectivity index (χ0n) is 19.1. The fraction of sp³-hybridized carbons (Fsp3) is 0.480. The van der Waals surface area contributed by atoms with Crippen LogP contribution in [-0.2, 0) is 9.59 Å². The molecule has 1 aliphatic carbocycles. The molecule has 6 nitrogen and oxygen atoms in total. The van der Waals surface area contributed by atoms with Crippen LogP contribution in [0.2, 0.25) is 0 Å². The zero-order valence-corrected chi connectivity index (χ0v) is 19.9. The minimum Gasteiger partial charge on any atom is -0.349 e. The average molecular weight is 456 g/mol. The predicted molar refractivity (Wildman–Crippen MR) is 127 cm³/mol. The SMILES string of the molecule is CC(C)(C)NC(=O)[C@@H](c1ccccc1)N(C(=O)CNC(=O)c1cccs1)C1CCCCC1. The lowest BCUT2D eigenvalue weighted by atomic mass is 9.91. The fourth-order valence-electron chi connectivity index (χ4n) is 4.17. The van der Waals surface area contributed by atoms with Crippen LogP contribution in [0.3, 0.4) is 0 Å². The molecule has 0 spiro atoms. The van der Waals surface area contributed by atoms with E-state index in [1.54, 1.807) is 17.0 Å². The Kier molecular flexibility index (Phi) is 8.07. The summed E-state index contributed by atoms with van der Waals surface area (Å²) in [4.78, 5) is 41.7. The number of hydrogen-bond donors (Lipinski definition) is 2. The van der Waals surface area contributed by atoms with Crippen LogP contribution in [0.25, 0.3) is 0 Å². The van der Waals surface area contributed by atoms with Crippen LogP contribution in [0.5, 0.6) is 0 Å².